The van der Waals surface area contributed by atoms with E-state index in [9.17, 15) is 4.79 Å². The van der Waals surface area contributed by atoms with Crippen LogP contribution in [0, 0.1) is 0 Å². The molecule has 1 aromatic rings. The lowest BCUT2D eigenvalue weighted by atomic mass is 10.1. The van der Waals surface area contributed by atoms with Crippen molar-refractivity contribution in [3.63, 3.8) is 0 Å². The van der Waals surface area contributed by atoms with Gasteiger partial charge in [-0.3, -0.25) is 4.79 Å². The van der Waals surface area contributed by atoms with Gasteiger partial charge in [0.05, 0.1) is 10.8 Å². The SMILES string of the molecule is NC(CC(=O)O)c1ccsc1Cl. The van der Waals surface area contributed by atoms with Crippen LogP contribution in [0.15, 0.2) is 11.4 Å². The molecule has 66 valence electrons. The molecule has 1 unspecified atom stereocenters. The summed E-state index contributed by atoms with van der Waals surface area (Å²) in [4.78, 5) is 10.3. The number of carbonyl (C=O) groups is 1. The van der Waals surface area contributed by atoms with Crippen LogP contribution in [0.5, 0.6) is 0 Å². The van der Waals surface area contributed by atoms with E-state index in [1.165, 1.54) is 11.3 Å². The summed E-state index contributed by atoms with van der Waals surface area (Å²) in [6, 6.07) is 1.25. The zero-order chi connectivity index (χ0) is 9.14. The van der Waals surface area contributed by atoms with Gasteiger partial charge in [0.2, 0.25) is 0 Å². The number of nitrogens with two attached hydrogens (primary N) is 1. The van der Waals surface area contributed by atoms with Crippen molar-refractivity contribution in [3.05, 3.63) is 21.3 Å². The van der Waals surface area contributed by atoms with Crippen LogP contribution in [-0.2, 0) is 4.79 Å². The zero-order valence-corrected chi connectivity index (χ0v) is 7.73. The number of hydrogen-bond acceptors (Lipinski definition) is 3. The topological polar surface area (TPSA) is 63.3 Å². The van der Waals surface area contributed by atoms with Gasteiger partial charge in [0.1, 0.15) is 0 Å². The predicted molar refractivity (Wildman–Crippen MR) is 48.5 cm³/mol. The van der Waals surface area contributed by atoms with Crippen molar-refractivity contribution in [1.29, 1.82) is 0 Å². The van der Waals surface area contributed by atoms with Crippen LogP contribution in [0.4, 0.5) is 0 Å². The first-order valence-corrected chi connectivity index (χ1v) is 4.57. The quantitative estimate of drug-likeness (QED) is 0.792. The van der Waals surface area contributed by atoms with Crippen molar-refractivity contribution in [2.75, 3.05) is 0 Å². The third kappa shape index (κ3) is 2.20. The van der Waals surface area contributed by atoms with Crippen molar-refractivity contribution >= 4 is 28.9 Å². The molecule has 0 aliphatic heterocycles. The maximum Gasteiger partial charge on any atom is 0.305 e. The van der Waals surface area contributed by atoms with Crippen LogP contribution in [0.1, 0.15) is 18.0 Å². The van der Waals surface area contributed by atoms with Gasteiger partial charge in [-0.1, -0.05) is 11.6 Å². The first kappa shape index (κ1) is 9.51. The van der Waals surface area contributed by atoms with Crippen LogP contribution in [0.2, 0.25) is 4.34 Å². The molecule has 1 rings (SSSR count). The van der Waals surface area contributed by atoms with Crippen molar-refractivity contribution < 1.29 is 9.90 Å². The van der Waals surface area contributed by atoms with E-state index >= 15 is 0 Å². The minimum absolute atomic E-state index is 0.0869. The molecule has 0 saturated carbocycles. The summed E-state index contributed by atoms with van der Waals surface area (Å²) < 4.78 is 0.573. The van der Waals surface area contributed by atoms with Crippen molar-refractivity contribution in [2.24, 2.45) is 5.73 Å². The Labute approximate surface area is 78.8 Å². The van der Waals surface area contributed by atoms with E-state index < -0.39 is 12.0 Å². The number of hydrogen-bond donors (Lipinski definition) is 2. The van der Waals surface area contributed by atoms with Gasteiger partial charge in [0.25, 0.3) is 0 Å². The standard InChI is InChI=1S/C7H8ClNO2S/c8-7-4(1-2-12-7)5(9)3-6(10)11/h1-2,5H,3,9H2,(H,10,11). The highest BCUT2D eigenvalue weighted by Crippen LogP contribution is 2.28. The van der Waals surface area contributed by atoms with Crippen LogP contribution in [0.25, 0.3) is 0 Å². The van der Waals surface area contributed by atoms with E-state index in [0.29, 0.717) is 9.90 Å². The molecule has 0 radical (unpaired) electrons. The maximum atomic E-state index is 10.3. The molecular weight excluding hydrogens is 198 g/mol. The second kappa shape index (κ2) is 3.89. The molecule has 0 bridgehead atoms. The smallest absolute Gasteiger partial charge is 0.305 e. The Hall–Kier alpha value is -0.580. The summed E-state index contributed by atoms with van der Waals surface area (Å²) in [5.74, 6) is -0.912. The van der Waals surface area contributed by atoms with Crippen LogP contribution in [0.3, 0.4) is 0 Å². The fourth-order valence-electron chi connectivity index (χ4n) is 0.868. The predicted octanol–water partition coefficient (Wildman–Crippen LogP) is 1.88. The summed E-state index contributed by atoms with van der Waals surface area (Å²) in [5, 5.41) is 10.2. The average Bonchev–Trinajstić information content (AvgIpc) is 2.33. The lowest BCUT2D eigenvalue weighted by Gasteiger charge is -2.06. The molecule has 1 aromatic heterocycles. The molecule has 0 aromatic carbocycles. The van der Waals surface area contributed by atoms with Gasteiger partial charge in [-0.05, 0) is 17.0 Å². The second-order valence-corrected chi connectivity index (χ2v) is 3.87. The van der Waals surface area contributed by atoms with Gasteiger partial charge in [0, 0.05) is 6.04 Å². The Morgan fingerprint density at radius 1 is 1.83 bits per heavy atom. The molecule has 3 nitrogen and oxygen atoms in total. The number of halogens is 1. The molecule has 0 fully saturated rings. The highest BCUT2D eigenvalue weighted by molar-refractivity contribution is 7.14. The lowest BCUT2D eigenvalue weighted by molar-refractivity contribution is -0.137. The minimum Gasteiger partial charge on any atom is -0.481 e. The molecule has 0 saturated heterocycles. The largest absolute Gasteiger partial charge is 0.481 e. The first-order valence-electron chi connectivity index (χ1n) is 3.31. The van der Waals surface area contributed by atoms with E-state index in [0.717, 1.165) is 0 Å². The van der Waals surface area contributed by atoms with Crippen molar-refractivity contribution in [1.82, 2.24) is 0 Å². The van der Waals surface area contributed by atoms with Gasteiger partial charge >= 0.3 is 5.97 Å². The Morgan fingerprint density at radius 3 is 2.92 bits per heavy atom. The monoisotopic (exact) mass is 205 g/mol. The Morgan fingerprint density at radius 2 is 2.50 bits per heavy atom. The number of carboxylic acids is 1. The van der Waals surface area contributed by atoms with Crippen molar-refractivity contribution in [3.8, 4) is 0 Å². The Bertz CT molecular complexity index is 287. The molecular formula is C7H8ClNO2S. The molecule has 5 heteroatoms. The fourth-order valence-corrected chi connectivity index (χ4v) is 1.92. The summed E-state index contributed by atoms with van der Waals surface area (Å²) in [6.45, 7) is 0. The lowest BCUT2D eigenvalue weighted by Crippen LogP contribution is -2.14. The number of rotatable bonds is 3. The molecule has 0 spiro atoms. The van der Waals surface area contributed by atoms with Gasteiger partial charge in [-0.2, -0.15) is 0 Å². The zero-order valence-electron chi connectivity index (χ0n) is 6.16. The van der Waals surface area contributed by atoms with E-state index in [2.05, 4.69) is 0 Å². The van der Waals surface area contributed by atoms with Crippen LogP contribution >= 0.6 is 22.9 Å². The van der Waals surface area contributed by atoms with Crippen LogP contribution < -0.4 is 5.73 Å². The molecule has 1 heterocycles. The Kier molecular flexibility index (Phi) is 3.08. The number of thiophene rings is 1. The van der Waals surface area contributed by atoms with Crippen LogP contribution in [-0.4, -0.2) is 11.1 Å². The summed E-state index contributed by atoms with van der Waals surface area (Å²) in [7, 11) is 0. The third-order valence-corrected chi connectivity index (χ3v) is 2.64. The molecule has 3 N–H and O–H groups in total. The summed E-state index contributed by atoms with van der Waals surface area (Å²) >= 11 is 7.12. The molecule has 12 heavy (non-hydrogen) atoms. The number of carboxylic acid groups (broad SMARTS) is 1. The van der Waals surface area contributed by atoms with Gasteiger partial charge in [-0.15, -0.1) is 11.3 Å². The van der Waals surface area contributed by atoms with Gasteiger partial charge in [0.15, 0.2) is 0 Å². The number of aliphatic carboxylic acids is 1. The van der Waals surface area contributed by atoms with E-state index in [1.807, 2.05) is 0 Å². The van der Waals surface area contributed by atoms with Gasteiger partial charge in [-0.25, -0.2) is 0 Å². The van der Waals surface area contributed by atoms with E-state index in [1.54, 1.807) is 11.4 Å². The third-order valence-electron chi connectivity index (χ3n) is 1.44. The first-order chi connectivity index (χ1) is 5.61. The maximum absolute atomic E-state index is 10.3. The molecule has 1 atom stereocenters. The average molecular weight is 206 g/mol. The summed E-state index contributed by atoms with van der Waals surface area (Å²) in [6.07, 6.45) is -0.0869. The van der Waals surface area contributed by atoms with E-state index in [-0.39, 0.29) is 6.42 Å². The molecule has 0 aliphatic rings. The van der Waals surface area contributed by atoms with E-state index in [4.69, 9.17) is 22.4 Å². The van der Waals surface area contributed by atoms with Crippen molar-refractivity contribution in [2.45, 2.75) is 12.5 Å². The Balaban J connectivity index is 2.71. The highest BCUT2D eigenvalue weighted by Gasteiger charge is 2.14. The highest BCUT2D eigenvalue weighted by atomic mass is 35.5. The molecule has 0 amide bonds. The fraction of sp³-hybridized carbons (Fsp3) is 0.286. The second-order valence-electron chi connectivity index (χ2n) is 2.35. The minimum atomic E-state index is -0.912. The normalized spacial score (nSPS) is 12.8. The summed E-state index contributed by atoms with van der Waals surface area (Å²) in [5.41, 5.74) is 6.29. The molecule has 0 aliphatic carbocycles. The van der Waals surface area contributed by atoms with Gasteiger partial charge < -0.3 is 10.8 Å².